The summed E-state index contributed by atoms with van der Waals surface area (Å²) >= 11 is 0. The maximum Gasteiger partial charge on any atom is 0.243 e. The first-order valence-corrected chi connectivity index (χ1v) is 11.2. The molecule has 0 bridgehead atoms. The molecule has 3 heterocycles. The molecule has 4 rings (SSSR count). The highest BCUT2D eigenvalue weighted by atomic mass is 32.2. The molecule has 7 heteroatoms. The molecule has 3 aliphatic rings. The number of likely N-dealkylation sites (tertiary alicyclic amines) is 1. The van der Waals surface area contributed by atoms with Crippen LogP contribution in [0.2, 0.25) is 0 Å². The number of nitrogens with zero attached hydrogens (tertiary/aromatic N) is 3. The predicted molar refractivity (Wildman–Crippen MR) is 102 cm³/mol. The minimum Gasteiger partial charge on any atom is -0.380 e. The molecule has 0 N–H and O–H groups in total. The molecule has 1 aromatic carbocycles. The van der Waals surface area contributed by atoms with E-state index in [0.717, 1.165) is 51.0 Å². The van der Waals surface area contributed by atoms with E-state index < -0.39 is 10.0 Å². The van der Waals surface area contributed by atoms with Gasteiger partial charge in [-0.25, -0.2) is 8.42 Å². The van der Waals surface area contributed by atoms with Crippen LogP contribution in [0.1, 0.15) is 24.8 Å². The van der Waals surface area contributed by atoms with Crippen LogP contribution < -0.4 is 4.90 Å². The fraction of sp³-hybridized carbons (Fsp3) is 0.684. The zero-order valence-electron chi connectivity index (χ0n) is 15.6. The Hall–Kier alpha value is -1.15. The Bertz CT molecular complexity index is 736. The highest BCUT2D eigenvalue weighted by Crippen LogP contribution is 2.35. The lowest BCUT2D eigenvalue weighted by atomic mass is 10.0. The number of hydrogen-bond donors (Lipinski definition) is 0. The third-order valence-electron chi connectivity index (χ3n) is 5.94. The smallest absolute Gasteiger partial charge is 0.243 e. The Morgan fingerprint density at radius 1 is 1.04 bits per heavy atom. The van der Waals surface area contributed by atoms with Crippen LogP contribution in [-0.4, -0.2) is 76.6 Å². The Labute approximate surface area is 156 Å². The standard InChI is InChI=1S/C19H29N3O3S/c1-20-9-6-17(7-10-20)22-11-5-16-3-4-18(15-19(16)22)26(23,24)21-8-2-13-25-14-12-21/h3-4,15,17H,2,5-14H2,1H3. The lowest BCUT2D eigenvalue weighted by molar-refractivity contribution is 0.148. The van der Waals surface area contributed by atoms with Crippen molar-refractivity contribution in [3.8, 4) is 0 Å². The van der Waals surface area contributed by atoms with Crippen LogP contribution in [-0.2, 0) is 21.2 Å². The van der Waals surface area contributed by atoms with Crippen molar-refractivity contribution in [3.63, 3.8) is 0 Å². The van der Waals surface area contributed by atoms with Gasteiger partial charge in [0.25, 0.3) is 0 Å². The van der Waals surface area contributed by atoms with Crippen molar-refractivity contribution in [1.82, 2.24) is 9.21 Å². The summed E-state index contributed by atoms with van der Waals surface area (Å²) < 4.78 is 33.2. The van der Waals surface area contributed by atoms with Gasteiger partial charge in [0, 0.05) is 38.0 Å². The average Bonchev–Trinajstić information content (AvgIpc) is 2.87. The van der Waals surface area contributed by atoms with Crippen molar-refractivity contribution in [2.24, 2.45) is 0 Å². The van der Waals surface area contributed by atoms with E-state index in [2.05, 4.69) is 16.8 Å². The monoisotopic (exact) mass is 379 g/mol. The largest absolute Gasteiger partial charge is 0.380 e. The van der Waals surface area contributed by atoms with Gasteiger partial charge in [-0.2, -0.15) is 4.31 Å². The zero-order chi connectivity index (χ0) is 18.1. The number of ether oxygens (including phenoxy) is 1. The molecule has 3 aliphatic heterocycles. The van der Waals surface area contributed by atoms with Crippen molar-refractivity contribution in [3.05, 3.63) is 23.8 Å². The maximum atomic E-state index is 13.1. The first-order chi connectivity index (χ1) is 12.6. The molecule has 0 spiro atoms. The van der Waals surface area contributed by atoms with E-state index in [0.29, 0.717) is 37.2 Å². The van der Waals surface area contributed by atoms with Crippen LogP contribution in [0.3, 0.4) is 0 Å². The molecule has 2 fully saturated rings. The van der Waals surface area contributed by atoms with E-state index in [4.69, 9.17) is 4.74 Å². The number of sulfonamides is 1. The number of benzene rings is 1. The van der Waals surface area contributed by atoms with E-state index in [1.54, 1.807) is 10.4 Å². The number of hydrogen-bond acceptors (Lipinski definition) is 5. The van der Waals surface area contributed by atoms with Crippen LogP contribution in [0.15, 0.2) is 23.1 Å². The second-order valence-corrected chi connectivity index (χ2v) is 9.58. The first kappa shape index (κ1) is 18.2. The second kappa shape index (κ2) is 7.46. The summed E-state index contributed by atoms with van der Waals surface area (Å²) in [4.78, 5) is 5.25. The maximum absolute atomic E-state index is 13.1. The Morgan fingerprint density at radius 2 is 1.85 bits per heavy atom. The number of rotatable bonds is 3. The molecule has 6 nitrogen and oxygen atoms in total. The van der Waals surface area contributed by atoms with E-state index in [1.807, 2.05) is 12.1 Å². The van der Waals surface area contributed by atoms with Crippen molar-refractivity contribution in [2.45, 2.75) is 36.6 Å². The molecule has 144 valence electrons. The fourth-order valence-electron chi connectivity index (χ4n) is 4.34. The third-order valence-corrected chi connectivity index (χ3v) is 7.83. The highest BCUT2D eigenvalue weighted by Gasteiger charge is 2.31. The van der Waals surface area contributed by atoms with Gasteiger partial charge in [0.05, 0.1) is 11.5 Å². The predicted octanol–water partition coefficient (Wildman–Crippen LogP) is 1.55. The molecule has 0 saturated carbocycles. The molecule has 0 aliphatic carbocycles. The number of piperidine rings is 1. The van der Waals surface area contributed by atoms with E-state index in [1.165, 1.54) is 5.56 Å². The summed E-state index contributed by atoms with van der Waals surface area (Å²) in [5, 5.41) is 0. The van der Waals surface area contributed by atoms with Crippen molar-refractivity contribution < 1.29 is 13.2 Å². The minimum atomic E-state index is -3.45. The van der Waals surface area contributed by atoms with Crippen molar-refractivity contribution in [2.75, 3.05) is 57.9 Å². The van der Waals surface area contributed by atoms with Gasteiger partial charge in [-0.15, -0.1) is 0 Å². The third kappa shape index (κ3) is 3.50. The van der Waals surface area contributed by atoms with E-state index >= 15 is 0 Å². The topological polar surface area (TPSA) is 53.1 Å². The molecule has 1 aromatic rings. The lowest BCUT2D eigenvalue weighted by Crippen LogP contribution is -2.43. The molecule has 0 aromatic heterocycles. The Balaban J connectivity index is 1.59. The summed E-state index contributed by atoms with van der Waals surface area (Å²) in [5.74, 6) is 0. The van der Waals surface area contributed by atoms with Crippen LogP contribution >= 0.6 is 0 Å². The number of anilines is 1. The van der Waals surface area contributed by atoms with Crippen LogP contribution in [0.25, 0.3) is 0 Å². The van der Waals surface area contributed by atoms with E-state index in [9.17, 15) is 8.42 Å². The minimum absolute atomic E-state index is 0.429. The molecule has 0 unspecified atom stereocenters. The SMILES string of the molecule is CN1CCC(N2CCc3ccc(S(=O)(=O)N4CCCOCC4)cc32)CC1. The summed E-state index contributed by atoms with van der Waals surface area (Å²) in [6, 6.07) is 6.25. The van der Waals surface area contributed by atoms with Gasteiger partial charge in [-0.3, -0.25) is 0 Å². The molecule has 0 amide bonds. The first-order valence-electron chi connectivity index (χ1n) is 9.72. The van der Waals surface area contributed by atoms with Gasteiger partial charge in [-0.05, 0) is 63.5 Å². The number of fused-ring (bicyclic) bond motifs is 1. The van der Waals surface area contributed by atoms with Gasteiger partial charge in [-0.1, -0.05) is 6.07 Å². The normalized spacial score (nSPS) is 23.8. The molecular formula is C19H29N3O3S. The van der Waals surface area contributed by atoms with Crippen LogP contribution in [0.5, 0.6) is 0 Å². The van der Waals surface area contributed by atoms with Crippen LogP contribution in [0.4, 0.5) is 5.69 Å². The Kier molecular flexibility index (Phi) is 5.23. The second-order valence-electron chi connectivity index (χ2n) is 7.64. The average molecular weight is 380 g/mol. The van der Waals surface area contributed by atoms with Crippen molar-refractivity contribution >= 4 is 15.7 Å². The molecule has 26 heavy (non-hydrogen) atoms. The summed E-state index contributed by atoms with van der Waals surface area (Å²) in [5.41, 5.74) is 2.41. The van der Waals surface area contributed by atoms with Gasteiger partial charge in [0.15, 0.2) is 0 Å². The Morgan fingerprint density at radius 3 is 2.65 bits per heavy atom. The molecule has 2 saturated heterocycles. The molecular weight excluding hydrogens is 350 g/mol. The fourth-order valence-corrected chi connectivity index (χ4v) is 5.83. The van der Waals surface area contributed by atoms with E-state index in [-0.39, 0.29) is 0 Å². The summed E-state index contributed by atoms with van der Waals surface area (Å²) in [7, 11) is -1.28. The van der Waals surface area contributed by atoms with Gasteiger partial charge in [0.2, 0.25) is 10.0 Å². The van der Waals surface area contributed by atoms with Crippen molar-refractivity contribution in [1.29, 1.82) is 0 Å². The molecule has 0 radical (unpaired) electrons. The van der Waals surface area contributed by atoms with Gasteiger partial charge in [0.1, 0.15) is 0 Å². The van der Waals surface area contributed by atoms with Gasteiger partial charge < -0.3 is 14.5 Å². The highest BCUT2D eigenvalue weighted by molar-refractivity contribution is 7.89. The van der Waals surface area contributed by atoms with Crippen LogP contribution in [0, 0.1) is 0 Å². The quantitative estimate of drug-likeness (QED) is 0.798. The molecule has 0 atom stereocenters. The van der Waals surface area contributed by atoms with Gasteiger partial charge >= 0.3 is 0 Å². The zero-order valence-corrected chi connectivity index (χ0v) is 16.4. The summed E-state index contributed by atoms with van der Waals surface area (Å²) in [6.45, 7) is 5.33. The summed E-state index contributed by atoms with van der Waals surface area (Å²) in [6.07, 6.45) is 4.07. The lowest BCUT2D eigenvalue weighted by Gasteiger charge is -2.36.